The Hall–Kier alpha value is -0.830. The highest BCUT2D eigenvalue weighted by Crippen LogP contribution is 2.66. The van der Waals surface area contributed by atoms with Crippen LogP contribution >= 0.6 is 0 Å². The van der Waals surface area contributed by atoms with Crippen LogP contribution in [0, 0.1) is 16.7 Å². The van der Waals surface area contributed by atoms with E-state index in [4.69, 9.17) is 4.74 Å². The largest absolute Gasteiger partial charge is 0.457 e. The van der Waals surface area contributed by atoms with E-state index in [0.29, 0.717) is 11.5 Å². The maximum atomic E-state index is 11.8. The number of ether oxygens (including phenoxy) is 1. The van der Waals surface area contributed by atoms with Gasteiger partial charge >= 0.3 is 5.97 Å². The number of hydrogen-bond acceptors (Lipinski definition) is 3. The average molecular weight is 251 g/mol. The van der Waals surface area contributed by atoms with Crippen LogP contribution in [0.4, 0.5) is 0 Å². The predicted molar refractivity (Wildman–Crippen MR) is 72.2 cm³/mol. The summed E-state index contributed by atoms with van der Waals surface area (Å²) in [6.07, 6.45) is 2.31. The summed E-state index contributed by atoms with van der Waals surface area (Å²) in [5, 5.41) is 3.36. The Kier molecular flexibility index (Phi) is 3.09. The molecule has 0 heterocycles. The Labute approximate surface area is 110 Å². The van der Waals surface area contributed by atoms with Crippen molar-refractivity contribution in [2.75, 3.05) is 7.05 Å². The number of nitrogens with one attached hydrogen (secondary N) is 1. The van der Waals surface area contributed by atoms with Gasteiger partial charge in [-0.1, -0.05) is 27.4 Å². The SMILES string of the molecule is C=C(C)C(=O)OC1C(NC)C2CCC1(C)C2(C)C. The van der Waals surface area contributed by atoms with Crippen LogP contribution in [0.3, 0.4) is 0 Å². The highest BCUT2D eigenvalue weighted by Gasteiger charge is 2.67. The highest BCUT2D eigenvalue weighted by atomic mass is 16.5. The van der Waals surface area contributed by atoms with Gasteiger partial charge in [-0.25, -0.2) is 4.79 Å². The van der Waals surface area contributed by atoms with Gasteiger partial charge in [-0.15, -0.1) is 0 Å². The van der Waals surface area contributed by atoms with E-state index in [1.807, 2.05) is 7.05 Å². The van der Waals surface area contributed by atoms with Gasteiger partial charge in [0, 0.05) is 17.0 Å². The van der Waals surface area contributed by atoms with E-state index in [0.717, 1.165) is 6.42 Å². The number of carbonyl (C=O) groups excluding carboxylic acids is 1. The van der Waals surface area contributed by atoms with E-state index in [1.54, 1.807) is 6.92 Å². The first-order valence-electron chi connectivity index (χ1n) is 6.79. The summed E-state index contributed by atoms with van der Waals surface area (Å²) < 4.78 is 5.75. The third-order valence-electron chi connectivity index (χ3n) is 5.68. The van der Waals surface area contributed by atoms with Crippen LogP contribution in [0.2, 0.25) is 0 Å². The lowest BCUT2D eigenvalue weighted by molar-refractivity contribution is -0.153. The first-order valence-corrected chi connectivity index (χ1v) is 6.79. The van der Waals surface area contributed by atoms with Gasteiger partial charge in [-0.05, 0) is 38.1 Å². The molecule has 2 rings (SSSR count). The zero-order chi connectivity index (χ0) is 13.7. The molecular formula is C15H25NO2. The molecule has 3 nitrogen and oxygen atoms in total. The van der Waals surface area contributed by atoms with Crippen molar-refractivity contribution in [3.8, 4) is 0 Å². The predicted octanol–water partition coefficient (Wildman–Crippen LogP) is 2.52. The second-order valence-corrected chi connectivity index (χ2v) is 6.71. The van der Waals surface area contributed by atoms with Gasteiger partial charge in [0.05, 0.1) is 0 Å². The van der Waals surface area contributed by atoms with Crippen LogP contribution < -0.4 is 5.32 Å². The van der Waals surface area contributed by atoms with Crippen LogP contribution in [0.5, 0.6) is 0 Å². The van der Waals surface area contributed by atoms with E-state index in [9.17, 15) is 4.79 Å². The Morgan fingerprint density at radius 1 is 1.39 bits per heavy atom. The lowest BCUT2D eigenvalue weighted by Gasteiger charge is -2.39. The van der Waals surface area contributed by atoms with Crippen molar-refractivity contribution in [2.24, 2.45) is 16.7 Å². The minimum absolute atomic E-state index is 0.0413. The molecule has 0 amide bonds. The number of carbonyl (C=O) groups is 1. The second-order valence-electron chi connectivity index (χ2n) is 6.71. The molecule has 0 aromatic rings. The zero-order valence-electron chi connectivity index (χ0n) is 12.2. The molecule has 2 aliphatic rings. The van der Waals surface area contributed by atoms with Gasteiger partial charge in [0.25, 0.3) is 0 Å². The molecular weight excluding hydrogens is 226 g/mol. The maximum absolute atomic E-state index is 11.8. The van der Waals surface area contributed by atoms with Crippen molar-refractivity contribution in [2.45, 2.75) is 52.7 Å². The molecule has 4 atom stereocenters. The maximum Gasteiger partial charge on any atom is 0.333 e. The lowest BCUT2D eigenvalue weighted by atomic mass is 9.70. The molecule has 2 saturated carbocycles. The molecule has 1 N–H and O–H groups in total. The van der Waals surface area contributed by atoms with Crippen molar-refractivity contribution in [1.82, 2.24) is 5.32 Å². The van der Waals surface area contributed by atoms with Crippen LogP contribution in [0.1, 0.15) is 40.5 Å². The summed E-state index contributed by atoms with van der Waals surface area (Å²) in [6, 6.07) is 0.266. The first-order chi connectivity index (χ1) is 8.25. The Morgan fingerprint density at radius 2 is 2.00 bits per heavy atom. The minimum Gasteiger partial charge on any atom is -0.457 e. The van der Waals surface area contributed by atoms with Crippen molar-refractivity contribution in [3.63, 3.8) is 0 Å². The molecule has 0 aromatic carbocycles. The van der Waals surface area contributed by atoms with Crippen molar-refractivity contribution in [1.29, 1.82) is 0 Å². The van der Waals surface area contributed by atoms with E-state index in [-0.39, 0.29) is 28.9 Å². The Balaban J connectivity index is 2.29. The molecule has 0 radical (unpaired) electrons. The molecule has 2 fully saturated rings. The van der Waals surface area contributed by atoms with Gasteiger partial charge < -0.3 is 10.1 Å². The molecule has 0 spiro atoms. The van der Waals surface area contributed by atoms with Gasteiger partial charge in [0.1, 0.15) is 6.10 Å². The van der Waals surface area contributed by atoms with E-state index in [1.165, 1.54) is 6.42 Å². The van der Waals surface area contributed by atoms with Gasteiger partial charge in [-0.3, -0.25) is 0 Å². The lowest BCUT2D eigenvalue weighted by Crippen LogP contribution is -2.48. The fraction of sp³-hybridized carbons (Fsp3) is 0.800. The third-order valence-corrected chi connectivity index (χ3v) is 5.68. The smallest absolute Gasteiger partial charge is 0.333 e. The van der Waals surface area contributed by atoms with Crippen LogP contribution in [-0.2, 0) is 9.53 Å². The number of esters is 1. The molecule has 2 bridgehead atoms. The Bertz CT molecular complexity index is 388. The summed E-state index contributed by atoms with van der Waals surface area (Å²) in [6.45, 7) is 12.3. The van der Waals surface area contributed by atoms with Gasteiger partial charge in [0.2, 0.25) is 0 Å². The van der Waals surface area contributed by atoms with Gasteiger partial charge in [0.15, 0.2) is 0 Å². The minimum atomic E-state index is -0.259. The number of fused-ring (bicyclic) bond motifs is 2. The molecule has 0 saturated heterocycles. The van der Waals surface area contributed by atoms with Crippen molar-refractivity contribution < 1.29 is 9.53 Å². The molecule has 3 heteroatoms. The Morgan fingerprint density at radius 3 is 2.50 bits per heavy atom. The van der Waals surface area contributed by atoms with Crippen molar-refractivity contribution in [3.05, 3.63) is 12.2 Å². The van der Waals surface area contributed by atoms with E-state index >= 15 is 0 Å². The number of hydrogen-bond donors (Lipinski definition) is 1. The fourth-order valence-corrected chi connectivity index (χ4v) is 4.08. The van der Waals surface area contributed by atoms with Gasteiger partial charge in [-0.2, -0.15) is 0 Å². The average Bonchev–Trinajstić information content (AvgIpc) is 2.60. The fourth-order valence-electron chi connectivity index (χ4n) is 4.08. The summed E-state index contributed by atoms with van der Waals surface area (Å²) >= 11 is 0. The standard InChI is InChI=1S/C15H25NO2/c1-9(2)13(17)18-12-11(16-6)10-7-8-15(12,5)14(10,3)4/h10-12,16H,1,7-8H2,2-6H3. The normalized spacial score (nSPS) is 40.8. The van der Waals surface area contributed by atoms with E-state index < -0.39 is 0 Å². The summed E-state index contributed by atoms with van der Waals surface area (Å²) in [5.74, 6) is 0.320. The van der Waals surface area contributed by atoms with E-state index in [2.05, 4.69) is 32.7 Å². The second kappa shape index (κ2) is 4.09. The van der Waals surface area contributed by atoms with Crippen molar-refractivity contribution >= 4 is 5.97 Å². The summed E-state index contributed by atoms with van der Waals surface area (Å²) in [5.41, 5.74) is 0.756. The summed E-state index contributed by atoms with van der Waals surface area (Å²) in [4.78, 5) is 11.8. The van der Waals surface area contributed by atoms with Crippen LogP contribution in [0.15, 0.2) is 12.2 Å². The van der Waals surface area contributed by atoms with Crippen LogP contribution in [-0.4, -0.2) is 25.2 Å². The molecule has 0 aromatic heterocycles. The van der Waals surface area contributed by atoms with Crippen LogP contribution in [0.25, 0.3) is 0 Å². The third kappa shape index (κ3) is 1.56. The highest BCUT2D eigenvalue weighted by molar-refractivity contribution is 5.87. The zero-order valence-corrected chi connectivity index (χ0v) is 12.2. The molecule has 0 aliphatic heterocycles. The topological polar surface area (TPSA) is 38.3 Å². The summed E-state index contributed by atoms with van der Waals surface area (Å²) in [7, 11) is 1.96. The number of rotatable bonds is 3. The first kappa shape index (κ1) is 13.6. The molecule has 2 aliphatic carbocycles. The number of likely N-dealkylation sites (N-methyl/N-ethyl adjacent to an activating group) is 1. The monoisotopic (exact) mass is 251 g/mol. The molecule has 4 unspecified atom stereocenters. The quantitative estimate of drug-likeness (QED) is 0.619. The molecule has 18 heavy (non-hydrogen) atoms. The molecule has 102 valence electrons.